The summed E-state index contributed by atoms with van der Waals surface area (Å²) in [5.74, 6) is 0.562. The molecular weight excluding hydrogens is 406 g/mol. The lowest BCUT2D eigenvalue weighted by atomic mass is 9.95. The Kier molecular flexibility index (Phi) is 12.4. The number of hydrogen-bond donors (Lipinski definition) is 3. The second-order valence-corrected chi connectivity index (χ2v) is 8.99. The zero-order valence-corrected chi connectivity index (χ0v) is 20.5. The van der Waals surface area contributed by atoms with Crippen molar-refractivity contribution in [3.63, 3.8) is 0 Å². The van der Waals surface area contributed by atoms with Gasteiger partial charge in [0.15, 0.2) is 0 Å². The highest BCUT2D eigenvalue weighted by Crippen LogP contribution is 2.35. The molecule has 3 nitrogen and oxygen atoms in total. The molecule has 0 aliphatic heterocycles. The number of phenolic OH excluding ortho intramolecular Hbond substituents is 2. The van der Waals surface area contributed by atoms with Gasteiger partial charge in [-0.25, -0.2) is 0 Å². The summed E-state index contributed by atoms with van der Waals surface area (Å²) in [6.07, 6.45) is 16.8. The third-order valence-electron chi connectivity index (χ3n) is 6.16. The van der Waals surface area contributed by atoms with E-state index < -0.39 is 0 Å². The lowest BCUT2D eigenvalue weighted by Gasteiger charge is -2.15. The van der Waals surface area contributed by atoms with Gasteiger partial charge in [0.25, 0.3) is 0 Å². The first kappa shape index (κ1) is 26.7. The number of aromatic hydroxyl groups is 2. The molecule has 0 unspecified atom stereocenters. The fourth-order valence-corrected chi connectivity index (χ4v) is 4.25. The molecule has 0 saturated carbocycles. The molecule has 0 atom stereocenters. The van der Waals surface area contributed by atoms with Gasteiger partial charge < -0.3 is 15.5 Å². The predicted molar refractivity (Wildman–Crippen MR) is 142 cm³/mol. The fraction of sp³-hybridized carbons (Fsp3) is 0.467. The Morgan fingerprint density at radius 3 is 2.09 bits per heavy atom. The molecule has 0 radical (unpaired) electrons. The highest BCUT2D eigenvalue weighted by atomic mass is 16.3. The van der Waals surface area contributed by atoms with Gasteiger partial charge in [-0.3, -0.25) is 0 Å². The molecule has 0 heterocycles. The van der Waals surface area contributed by atoms with Crippen molar-refractivity contribution in [2.45, 2.75) is 84.1 Å². The van der Waals surface area contributed by atoms with Gasteiger partial charge in [-0.05, 0) is 66.8 Å². The number of phenols is 2. The van der Waals surface area contributed by atoms with Gasteiger partial charge in [0.1, 0.15) is 11.5 Å². The normalized spacial score (nSPS) is 10.9. The van der Waals surface area contributed by atoms with Gasteiger partial charge in [0.05, 0.1) is 0 Å². The van der Waals surface area contributed by atoms with E-state index in [0.29, 0.717) is 18.7 Å². The number of hydrogen-bond acceptors (Lipinski definition) is 3. The van der Waals surface area contributed by atoms with E-state index in [-0.39, 0.29) is 5.75 Å². The fourth-order valence-electron chi connectivity index (χ4n) is 4.25. The van der Waals surface area contributed by atoms with Gasteiger partial charge in [-0.2, -0.15) is 0 Å². The van der Waals surface area contributed by atoms with Crippen molar-refractivity contribution in [3.8, 4) is 22.6 Å². The van der Waals surface area contributed by atoms with Gasteiger partial charge in [-0.15, -0.1) is 13.2 Å². The van der Waals surface area contributed by atoms with Gasteiger partial charge in [0, 0.05) is 17.7 Å². The zero-order valence-electron chi connectivity index (χ0n) is 20.5. The molecule has 0 amide bonds. The van der Waals surface area contributed by atoms with Gasteiger partial charge in [0.2, 0.25) is 0 Å². The van der Waals surface area contributed by atoms with Crippen molar-refractivity contribution in [2.75, 3.05) is 6.54 Å². The van der Waals surface area contributed by atoms with Crippen molar-refractivity contribution in [2.24, 2.45) is 0 Å². The van der Waals surface area contributed by atoms with Crippen LogP contribution in [0, 0.1) is 0 Å². The van der Waals surface area contributed by atoms with Crippen LogP contribution < -0.4 is 5.32 Å². The number of nitrogens with one attached hydrogen (secondary N) is 1. The summed E-state index contributed by atoms with van der Waals surface area (Å²) in [6.45, 7) is 11.4. The SMILES string of the molecule is C=CCc1ccc(O)c(-c2cc(CC=C)c(O)c(CNCCCCCCCCCCC)c2)c1. The van der Waals surface area contributed by atoms with Crippen LogP contribution in [0.1, 0.15) is 81.4 Å². The van der Waals surface area contributed by atoms with Crippen LogP contribution in [0.2, 0.25) is 0 Å². The topological polar surface area (TPSA) is 52.5 Å². The van der Waals surface area contributed by atoms with Crippen LogP contribution in [-0.2, 0) is 19.4 Å². The molecule has 0 saturated heterocycles. The molecule has 3 N–H and O–H groups in total. The Morgan fingerprint density at radius 2 is 1.42 bits per heavy atom. The number of benzene rings is 2. The molecule has 0 aromatic heterocycles. The van der Waals surface area contributed by atoms with E-state index in [1.54, 1.807) is 12.1 Å². The van der Waals surface area contributed by atoms with E-state index in [4.69, 9.17) is 0 Å². The molecule has 0 spiro atoms. The molecule has 0 aliphatic rings. The van der Waals surface area contributed by atoms with Crippen molar-refractivity contribution in [1.82, 2.24) is 5.32 Å². The maximum Gasteiger partial charge on any atom is 0.123 e. The predicted octanol–water partition coefficient (Wildman–Crippen LogP) is 7.84. The van der Waals surface area contributed by atoms with E-state index in [9.17, 15) is 10.2 Å². The second-order valence-electron chi connectivity index (χ2n) is 8.99. The van der Waals surface area contributed by atoms with E-state index in [0.717, 1.165) is 47.2 Å². The van der Waals surface area contributed by atoms with Crippen LogP contribution in [-0.4, -0.2) is 16.8 Å². The van der Waals surface area contributed by atoms with Crippen molar-refractivity contribution >= 4 is 0 Å². The minimum Gasteiger partial charge on any atom is -0.507 e. The molecule has 2 aromatic rings. The number of rotatable bonds is 17. The molecule has 2 aromatic carbocycles. The van der Waals surface area contributed by atoms with E-state index in [2.05, 4.69) is 25.4 Å². The monoisotopic (exact) mass is 449 g/mol. The first-order valence-corrected chi connectivity index (χ1v) is 12.7. The average Bonchev–Trinajstić information content (AvgIpc) is 2.81. The van der Waals surface area contributed by atoms with Crippen LogP contribution in [0.4, 0.5) is 0 Å². The molecular formula is C30H43NO2. The summed E-state index contributed by atoms with van der Waals surface area (Å²) >= 11 is 0. The second kappa shape index (κ2) is 15.3. The van der Waals surface area contributed by atoms with E-state index >= 15 is 0 Å². The van der Waals surface area contributed by atoms with Crippen molar-refractivity contribution in [1.29, 1.82) is 0 Å². The van der Waals surface area contributed by atoms with Gasteiger partial charge >= 0.3 is 0 Å². The van der Waals surface area contributed by atoms with Crippen LogP contribution >= 0.6 is 0 Å². The third-order valence-corrected chi connectivity index (χ3v) is 6.16. The summed E-state index contributed by atoms with van der Waals surface area (Å²) in [5, 5.41) is 24.8. The Balaban J connectivity index is 1.96. The molecule has 0 aliphatic carbocycles. The first-order chi connectivity index (χ1) is 16.1. The summed E-state index contributed by atoms with van der Waals surface area (Å²) in [4.78, 5) is 0. The standard InChI is InChI=1S/C30H43NO2/c1-4-7-8-9-10-11-12-13-14-19-31-23-27-22-26(21-25(16-6-3)30(27)33)28-20-24(15-5-2)17-18-29(28)32/h5-6,17-18,20-22,31-33H,2-4,7-16,19,23H2,1H3. The molecule has 33 heavy (non-hydrogen) atoms. The Hall–Kier alpha value is -2.52. The quantitative estimate of drug-likeness (QED) is 0.170. The van der Waals surface area contributed by atoms with Crippen molar-refractivity contribution in [3.05, 3.63) is 72.3 Å². The highest BCUT2D eigenvalue weighted by molar-refractivity contribution is 5.73. The molecule has 180 valence electrons. The lowest BCUT2D eigenvalue weighted by Crippen LogP contribution is -2.15. The minimum atomic E-state index is 0.242. The maximum atomic E-state index is 10.8. The summed E-state index contributed by atoms with van der Waals surface area (Å²) in [6, 6.07) is 9.58. The largest absolute Gasteiger partial charge is 0.507 e. The van der Waals surface area contributed by atoms with Crippen LogP contribution in [0.5, 0.6) is 11.5 Å². The average molecular weight is 450 g/mol. The van der Waals surface area contributed by atoms with Crippen LogP contribution in [0.3, 0.4) is 0 Å². The van der Waals surface area contributed by atoms with Crippen molar-refractivity contribution < 1.29 is 10.2 Å². The molecule has 0 bridgehead atoms. The third kappa shape index (κ3) is 9.09. The number of unbranched alkanes of at least 4 members (excludes halogenated alkanes) is 8. The minimum absolute atomic E-state index is 0.242. The van der Waals surface area contributed by atoms with E-state index in [1.165, 1.54) is 51.4 Å². The zero-order chi connectivity index (χ0) is 23.9. The Morgan fingerprint density at radius 1 is 0.788 bits per heavy atom. The lowest BCUT2D eigenvalue weighted by molar-refractivity contribution is 0.458. The smallest absolute Gasteiger partial charge is 0.123 e. The number of allylic oxidation sites excluding steroid dienone is 2. The summed E-state index contributed by atoms with van der Waals surface area (Å²) < 4.78 is 0. The highest BCUT2D eigenvalue weighted by Gasteiger charge is 2.13. The first-order valence-electron chi connectivity index (χ1n) is 12.7. The van der Waals surface area contributed by atoms with Crippen LogP contribution in [0.25, 0.3) is 11.1 Å². The maximum absolute atomic E-state index is 10.8. The van der Waals surface area contributed by atoms with E-state index in [1.807, 2.05) is 30.3 Å². The van der Waals surface area contributed by atoms with Crippen LogP contribution in [0.15, 0.2) is 55.6 Å². The molecule has 0 fully saturated rings. The van der Waals surface area contributed by atoms with Gasteiger partial charge in [-0.1, -0.05) is 76.5 Å². The Labute approximate surface area is 201 Å². The Bertz CT molecular complexity index is 872. The molecule has 3 heteroatoms. The summed E-state index contributed by atoms with van der Waals surface area (Å²) in [7, 11) is 0. The summed E-state index contributed by atoms with van der Waals surface area (Å²) in [5.41, 5.74) is 4.47. The molecule has 2 rings (SSSR count).